The van der Waals surface area contributed by atoms with Crippen LogP contribution in [0, 0.1) is 0 Å². The van der Waals surface area contributed by atoms with Gasteiger partial charge in [0.05, 0.1) is 18.4 Å². The summed E-state index contributed by atoms with van der Waals surface area (Å²) in [6.07, 6.45) is 9.69. The van der Waals surface area contributed by atoms with Crippen molar-refractivity contribution in [3.63, 3.8) is 0 Å². The van der Waals surface area contributed by atoms with Crippen molar-refractivity contribution in [2.24, 2.45) is 0 Å². The average molecular weight is 198 g/mol. The highest BCUT2D eigenvalue weighted by Crippen LogP contribution is 2.31. The quantitative estimate of drug-likeness (QED) is 0.736. The van der Waals surface area contributed by atoms with Gasteiger partial charge in [-0.15, -0.1) is 0 Å². The van der Waals surface area contributed by atoms with E-state index in [1.54, 1.807) is 12.5 Å². The molecule has 2 heteroatoms. The van der Waals surface area contributed by atoms with E-state index in [1.807, 2.05) is 24.3 Å². The van der Waals surface area contributed by atoms with E-state index >= 15 is 0 Å². The van der Waals surface area contributed by atoms with Gasteiger partial charge in [0.25, 0.3) is 0 Å². The van der Waals surface area contributed by atoms with Gasteiger partial charge >= 0.3 is 0 Å². The Morgan fingerprint density at radius 3 is 2.60 bits per heavy atom. The predicted molar refractivity (Wildman–Crippen MR) is 57.3 cm³/mol. The van der Waals surface area contributed by atoms with E-state index in [0.29, 0.717) is 0 Å². The fourth-order valence-electron chi connectivity index (χ4n) is 1.78. The first-order valence-corrected chi connectivity index (χ1v) is 4.91. The predicted octanol–water partition coefficient (Wildman–Crippen LogP) is 3.61. The van der Waals surface area contributed by atoms with Crippen molar-refractivity contribution in [2.45, 2.75) is 5.92 Å². The van der Waals surface area contributed by atoms with E-state index in [4.69, 9.17) is 8.83 Å². The lowest BCUT2D eigenvalue weighted by atomic mass is 10.1. The summed E-state index contributed by atoms with van der Waals surface area (Å²) in [5, 5.41) is 0. The van der Waals surface area contributed by atoms with Gasteiger partial charge < -0.3 is 8.83 Å². The molecule has 0 saturated heterocycles. The monoisotopic (exact) mass is 198 g/mol. The first-order valence-electron chi connectivity index (χ1n) is 4.91. The maximum Gasteiger partial charge on any atom is 0.133 e. The van der Waals surface area contributed by atoms with Crippen molar-refractivity contribution in [1.82, 2.24) is 0 Å². The second kappa shape index (κ2) is 3.31. The minimum atomic E-state index is 0.236. The molecule has 1 aliphatic rings. The zero-order chi connectivity index (χ0) is 10.1. The highest BCUT2D eigenvalue weighted by Gasteiger charge is 2.15. The number of hydrogen-bond donors (Lipinski definition) is 0. The highest BCUT2D eigenvalue weighted by molar-refractivity contribution is 5.75. The molecule has 15 heavy (non-hydrogen) atoms. The molecule has 2 aromatic heterocycles. The Morgan fingerprint density at radius 1 is 1.00 bits per heavy atom. The Morgan fingerprint density at radius 2 is 1.87 bits per heavy atom. The summed E-state index contributed by atoms with van der Waals surface area (Å²) < 4.78 is 10.7. The normalized spacial score (nSPS) is 19.5. The molecule has 0 radical (unpaired) electrons. The summed E-state index contributed by atoms with van der Waals surface area (Å²) in [6.45, 7) is 0. The number of furan rings is 2. The first kappa shape index (κ1) is 8.36. The summed E-state index contributed by atoms with van der Waals surface area (Å²) in [5.74, 6) is 2.10. The van der Waals surface area contributed by atoms with Crippen molar-refractivity contribution in [3.05, 3.63) is 66.5 Å². The maximum absolute atomic E-state index is 5.36. The molecule has 2 nitrogen and oxygen atoms in total. The summed E-state index contributed by atoms with van der Waals surface area (Å²) in [7, 11) is 0. The average Bonchev–Trinajstić information content (AvgIpc) is 3.02. The summed E-state index contributed by atoms with van der Waals surface area (Å²) in [4.78, 5) is 0. The molecule has 2 aromatic rings. The third kappa shape index (κ3) is 1.44. The lowest BCUT2D eigenvalue weighted by molar-refractivity contribution is 0.510. The van der Waals surface area contributed by atoms with Crippen LogP contribution in [-0.2, 0) is 0 Å². The third-order valence-electron chi connectivity index (χ3n) is 2.52. The smallest absolute Gasteiger partial charge is 0.133 e. The maximum atomic E-state index is 5.36. The molecular formula is C13H10O2. The zero-order valence-corrected chi connectivity index (χ0v) is 8.09. The van der Waals surface area contributed by atoms with Gasteiger partial charge in [0.1, 0.15) is 11.5 Å². The van der Waals surface area contributed by atoms with Crippen LogP contribution in [0.3, 0.4) is 0 Å². The van der Waals surface area contributed by atoms with Crippen LogP contribution in [0.4, 0.5) is 0 Å². The van der Waals surface area contributed by atoms with Gasteiger partial charge in [-0.05, 0) is 24.3 Å². The second-order valence-electron chi connectivity index (χ2n) is 3.50. The fraction of sp³-hybridized carbons (Fsp3) is 0.0769. The van der Waals surface area contributed by atoms with Crippen LogP contribution in [0.1, 0.15) is 17.4 Å². The van der Waals surface area contributed by atoms with E-state index in [2.05, 4.69) is 18.2 Å². The molecule has 2 heterocycles. The van der Waals surface area contributed by atoms with Crippen LogP contribution in [0.2, 0.25) is 0 Å². The molecule has 0 bridgehead atoms. The van der Waals surface area contributed by atoms with Crippen LogP contribution in [-0.4, -0.2) is 0 Å². The number of hydrogen-bond acceptors (Lipinski definition) is 2. The van der Waals surface area contributed by atoms with Crippen LogP contribution < -0.4 is 0 Å². The Balaban J connectivity index is 1.92. The van der Waals surface area contributed by atoms with Gasteiger partial charge in [-0.25, -0.2) is 0 Å². The Bertz CT molecular complexity index is 487. The van der Waals surface area contributed by atoms with E-state index in [0.717, 1.165) is 17.1 Å². The molecule has 1 aliphatic carbocycles. The molecule has 0 N–H and O–H groups in total. The van der Waals surface area contributed by atoms with E-state index in [-0.39, 0.29) is 5.92 Å². The standard InChI is InChI=1S/C13H10O2/c1-3-12(14-7-1)10-5-6-11(9-10)13-4-2-8-15-13/h1-10H. The Labute approximate surface area is 87.5 Å². The van der Waals surface area contributed by atoms with E-state index in [1.165, 1.54) is 0 Å². The van der Waals surface area contributed by atoms with Gasteiger partial charge in [-0.3, -0.25) is 0 Å². The molecular weight excluding hydrogens is 188 g/mol. The van der Waals surface area contributed by atoms with Crippen molar-refractivity contribution in [1.29, 1.82) is 0 Å². The molecule has 1 atom stereocenters. The van der Waals surface area contributed by atoms with Crippen LogP contribution in [0.15, 0.2) is 63.9 Å². The van der Waals surface area contributed by atoms with Gasteiger partial charge in [0.15, 0.2) is 0 Å². The second-order valence-corrected chi connectivity index (χ2v) is 3.50. The van der Waals surface area contributed by atoms with Crippen LogP contribution in [0.5, 0.6) is 0 Å². The molecule has 0 amide bonds. The third-order valence-corrected chi connectivity index (χ3v) is 2.52. The molecule has 3 rings (SSSR count). The molecule has 1 unspecified atom stereocenters. The van der Waals surface area contributed by atoms with Crippen LogP contribution in [0.25, 0.3) is 5.57 Å². The molecule has 0 aromatic carbocycles. The minimum absolute atomic E-state index is 0.236. The summed E-state index contributed by atoms with van der Waals surface area (Å²) in [5.41, 5.74) is 1.11. The van der Waals surface area contributed by atoms with E-state index in [9.17, 15) is 0 Å². The molecule has 0 fully saturated rings. The molecule has 0 spiro atoms. The zero-order valence-electron chi connectivity index (χ0n) is 8.09. The lowest BCUT2D eigenvalue weighted by Crippen LogP contribution is -1.83. The largest absolute Gasteiger partial charge is 0.468 e. The van der Waals surface area contributed by atoms with Crippen molar-refractivity contribution >= 4 is 5.57 Å². The minimum Gasteiger partial charge on any atom is -0.468 e. The van der Waals surface area contributed by atoms with Crippen molar-refractivity contribution in [3.8, 4) is 0 Å². The number of allylic oxidation sites excluding steroid dienone is 4. The Hall–Kier alpha value is -1.96. The highest BCUT2D eigenvalue weighted by atomic mass is 16.3. The lowest BCUT2D eigenvalue weighted by Gasteiger charge is -1.98. The van der Waals surface area contributed by atoms with Crippen molar-refractivity contribution in [2.75, 3.05) is 0 Å². The van der Waals surface area contributed by atoms with Gasteiger partial charge in [0.2, 0.25) is 0 Å². The van der Waals surface area contributed by atoms with Gasteiger partial charge in [0, 0.05) is 5.57 Å². The first-order chi connectivity index (χ1) is 7.43. The van der Waals surface area contributed by atoms with Crippen molar-refractivity contribution < 1.29 is 8.83 Å². The van der Waals surface area contributed by atoms with Crippen LogP contribution >= 0.6 is 0 Å². The summed E-state index contributed by atoms with van der Waals surface area (Å²) >= 11 is 0. The topological polar surface area (TPSA) is 26.3 Å². The molecule has 74 valence electrons. The van der Waals surface area contributed by atoms with E-state index < -0.39 is 0 Å². The van der Waals surface area contributed by atoms with Gasteiger partial charge in [-0.2, -0.15) is 0 Å². The molecule has 0 aliphatic heterocycles. The number of rotatable bonds is 2. The molecule has 0 saturated carbocycles. The Kier molecular flexibility index (Phi) is 1.85. The van der Waals surface area contributed by atoms with Gasteiger partial charge in [-0.1, -0.05) is 18.2 Å². The summed E-state index contributed by atoms with van der Waals surface area (Å²) in [6, 6.07) is 7.74. The fourth-order valence-corrected chi connectivity index (χ4v) is 1.78. The SMILES string of the molecule is C1=CC(c2ccco2)C=C1c1ccco1.